The van der Waals surface area contributed by atoms with Crippen LogP contribution < -0.4 is 15.8 Å². The summed E-state index contributed by atoms with van der Waals surface area (Å²) in [4.78, 5) is 24.9. The molecule has 0 spiro atoms. The monoisotopic (exact) mass is 449 g/mol. The first-order chi connectivity index (χ1) is 15.9. The largest absolute Gasteiger partial charge is 0.483 e. The molecule has 2 heterocycles. The highest BCUT2D eigenvalue weighted by Crippen LogP contribution is 2.27. The Hall–Kier alpha value is -4.73. The van der Waals surface area contributed by atoms with E-state index in [0.29, 0.717) is 28.6 Å². The van der Waals surface area contributed by atoms with Crippen LogP contribution in [0.5, 0.6) is 11.6 Å². The summed E-state index contributed by atoms with van der Waals surface area (Å²) < 4.78 is 21.4. The van der Waals surface area contributed by atoms with E-state index in [1.54, 1.807) is 60.4 Å². The number of carbonyl (C=O) groups is 2. The number of nitrogens with zero attached hydrogens (tertiary/aromatic N) is 3. The Morgan fingerprint density at radius 3 is 2.45 bits per heavy atom. The molecule has 0 aliphatic carbocycles. The fraction of sp³-hybridized carbons (Fsp3) is 0.0435. The maximum Gasteiger partial charge on any atom is 0.290 e. The van der Waals surface area contributed by atoms with Gasteiger partial charge < -0.3 is 20.9 Å². The molecular weight excluding hydrogens is 429 g/mol. The highest BCUT2D eigenvalue weighted by molar-refractivity contribution is 6.04. The number of rotatable bonds is 5. The summed E-state index contributed by atoms with van der Waals surface area (Å²) in [6.45, 7) is -0.250. The zero-order valence-electron chi connectivity index (χ0n) is 17.5. The zero-order chi connectivity index (χ0) is 23.8. The molecule has 0 saturated carbocycles. The van der Waals surface area contributed by atoms with Crippen LogP contribution in [0.25, 0.3) is 11.1 Å². The molecule has 4 rings (SSSR count). The van der Waals surface area contributed by atoms with E-state index in [4.69, 9.17) is 20.4 Å². The fourth-order valence-electron chi connectivity index (χ4n) is 2.86. The molecule has 0 unspecified atom stereocenters. The standard InChI is InChI=1S/C22H18FN5O2.CH2O2/c1-28-13-19(12-26-28)27-22(29)16-8-15(9-17(23)10-16)14-2-5-20(6-3-14)30-21-7-4-18(24)11-25-21;2-1-3/h2-13H,24H2,1H3,(H,27,29);1H,(H,2,3). The van der Waals surface area contributed by atoms with E-state index in [-0.39, 0.29) is 12.0 Å². The van der Waals surface area contributed by atoms with Crippen LogP contribution >= 0.6 is 0 Å². The number of nitrogens with two attached hydrogens (primary N) is 1. The number of amides is 1. The van der Waals surface area contributed by atoms with Crippen LogP contribution in [-0.2, 0) is 11.8 Å². The van der Waals surface area contributed by atoms with E-state index < -0.39 is 11.7 Å². The minimum Gasteiger partial charge on any atom is -0.483 e. The lowest BCUT2D eigenvalue weighted by atomic mass is 10.0. The molecule has 4 N–H and O–H groups in total. The second-order valence-corrected chi connectivity index (χ2v) is 6.75. The third-order valence-corrected chi connectivity index (χ3v) is 4.29. The third-order valence-electron chi connectivity index (χ3n) is 4.29. The van der Waals surface area contributed by atoms with Crippen molar-refractivity contribution in [3.05, 3.63) is 84.6 Å². The number of anilines is 2. The lowest BCUT2D eigenvalue weighted by Gasteiger charge is -2.09. The number of aromatic nitrogens is 3. The van der Waals surface area contributed by atoms with Crippen molar-refractivity contribution in [2.75, 3.05) is 11.1 Å². The van der Waals surface area contributed by atoms with E-state index in [0.717, 1.165) is 5.56 Å². The Morgan fingerprint density at radius 1 is 1.12 bits per heavy atom. The Balaban J connectivity index is 0.000000968. The summed E-state index contributed by atoms with van der Waals surface area (Å²) in [7, 11) is 1.74. The number of nitrogens with one attached hydrogen (secondary N) is 1. The first-order valence-electron chi connectivity index (χ1n) is 9.56. The maximum atomic E-state index is 14.2. The number of hydrogen-bond donors (Lipinski definition) is 3. The molecule has 0 aliphatic rings. The number of ether oxygens (including phenoxy) is 1. The van der Waals surface area contributed by atoms with E-state index in [1.165, 1.54) is 24.5 Å². The average molecular weight is 449 g/mol. The van der Waals surface area contributed by atoms with Crippen molar-refractivity contribution < 1.29 is 23.8 Å². The van der Waals surface area contributed by atoms with Gasteiger partial charge in [0.25, 0.3) is 12.4 Å². The molecule has 0 atom stereocenters. The van der Waals surface area contributed by atoms with Crippen molar-refractivity contribution in [1.29, 1.82) is 0 Å². The van der Waals surface area contributed by atoms with Crippen LogP contribution in [-0.4, -0.2) is 32.3 Å². The van der Waals surface area contributed by atoms with Crippen LogP contribution in [0, 0.1) is 5.82 Å². The van der Waals surface area contributed by atoms with E-state index >= 15 is 0 Å². The molecule has 0 radical (unpaired) electrons. The van der Waals surface area contributed by atoms with Crippen LogP contribution in [0.1, 0.15) is 10.4 Å². The van der Waals surface area contributed by atoms with Crippen molar-refractivity contribution in [1.82, 2.24) is 14.8 Å². The van der Waals surface area contributed by atoms with Gasteiger partial charge in [-0.3, -0.25) is 14.3 Å². The van der Waals surface area contributed by atoms with Gasteiger partial charge in [0.2, 0.25) is 5.88 Å². The van der Waals surface area contributed by atoms with Crippen LogP contribution in [0.3, 0.4) is 0 Å². The summed E-state index contributed by atoms with van der Waals surface area (Å²) >= 11 is 0. The Kier molecular flexibility index (Phi) is 7.32. The molecule has 10 heteroatoms. The number of carbonyl (C=O) groups excluding carboxylic acids is 1. The van der Waals surface area contributed by atoms with Crippen molar-refractivity contribution >= 4 is 23.8 Å². The van der Waals surface area contributed by atoms with Gasteiger partial charge in [-0.15, -0.1) is 0 Å². The quantitative estimate of drug-likeness (QED) is 0.393. The number of nitrogen functional groups attached to an aromatic ring is 1. The minimum atomic E-state index is -0.504. The van der Waals surface area contributed by atoms with Crippen molar-refractivity contribution in [2.24, 2.45) is 7.05 Å². The second kappa shape index (κ2) is 10.5. The average Bonchev–Trinajstić information content (AvgIpc) is 3.20. The number of pyridine rings is 1. The van der Waals surface area contributed by atoms with Gasteiger partial charge >= 0.3 is 0 Å². The molecule has 2 aromatic heterocycles. The normalized spacial score (nSPS) is 10.0. The second-order valence-electron chi connectivity index (χ2n) is 6.75. The molecule has 2 aromatic carbocycles. The number of hydrogen-bond acceptors (Lipinski definition) is 6. The molecule has 168 valence electrons. The predicted molar refractivity (Wildman–Crippen MR) is 120 cm³/mol. The summed E-state index contributed by atoms with van der Waals surface area (Å²) in [5.41, 5.74) is 8.21. The summed E-state index contributed by atoms with van der Waals surface area (Å²) in [6.07, 6.45) is 4.69. The van der Waals surface area contributed by atoms with Gasteiger partial charge in [0.15, 0.2) is 0 Å². The van der Waals surface area contributed by atoms with E-state index in [1.807, 2.05) is 0 Å². The summed E-state index contributed by atoms with van der Waals surface area (Å²) in [6, 6.07) is 14.6. The smallest absolute Gasteiger partial charge is 0.290 e. The molecule has 0 saturated heterocycles. The molecule has 4 aromatic rings. The van der Waals surface area contributed by atoms with Crippen LogP contribution in [0.2, 0.25) is 0 Å². The van der Waals surface area contributed by atoms with Gasteiger partial charge in [-0.05, 0) is 47.5 Å². The van der Waals surface area contributed by atoms with Crippen LogP contribution in [0.15, 0.2) is 73.2 Å². The van der Waals surface area contributed by atoms with Gasteiger partial charge in [-0.1, -0.05) is 12.1 Å². The van der Waals surface area contributed by atoms with Gasteiger partial charge in [0.05, 0.1) is 23.8 Å². The van der Waals surface area contributed by atoms with Crippen molar-refractivity contribution in [3.63, 3.8) is 0 Å². The molecule has 9 nitrogen and oxygen atoms in total. The maximum absolute atomic E-state index is 14.2. The van der Waals surface area contributed by atoms with Crippen molar-refractivity contribution in [3.8, 4) is 22.8 Å². The zero-order valence-corrected chi connectivity index (χ0v) is 17.5. The van der Waals surface area contributed by atoms with Gasteiger partial charge in [-0.2, -0.15) is 5.10 Å². The molecule has 33 heavy (non-hydrogen) atoms. The molecule has 1 amide bonds. The third kappa shape index (κ3) is 6.37. The van der Waals surface area contributed by atoms with E-state index in [2.05, 4.69) is 15.4 Å². The Labute approximate surface area is 188 Å². The highest BCUT2D eigenvalue weighted by Gasteiger charge is 2.12. The van der Waals surface area contributed by atoms with Crippen LogP contribution in [0.4, 0.5) is 15.8 Å². The summed E-state index contributed by atoms with van der Waals surface area (Å²) in [5.74, 6) is 0.0624. The van der Waals surface area contributed by atoms with Gasteiger partial charge in [0, 0.05) is 24.9 Å². The Bertz CT molecular complexity index is 1240. The molecular formula is C23H20FN5O4. The number of carboxylic acid groups (broad SMARTS) is 1. The van der Waals surface area contributed by atoms with Gasteiger partial charge in [-0.25, -0.2) is 9.37 Å². The van der Waals surface area contributed by atoms with Gasteiger partial charge in [0.1, 0.15) is 11.6 Å². The predicted octanol–water partition coefficient (Wildman–Crippen LogP) is 3.95. The highest BCUT2D eigenvalue weighted by atomic mass is 19.1. The number of benzene rings is 2. The molecule has 0 fully saturated rings. The number of halogens is 1. The summed E-state index contributed by atoms with van der Waals surface area (Å²) in [5, 5.41) is 13.6. The number of aryl methyl sites for hydroxylation is 1. The molecule has 0 bridgehead atoms. The SMILES string of the molecule is Cn1cc(NC(=O)c2cc(F)cc(-c3ccc(Oc4ccc(N)cn4)cc3)c2)cn1.O=CO. The van der Waals surface area contributed by atoms with E-state index in [9.17, 15) is 9.18 Å². The first kappa shape index (κ1) is 22.9. The Morgan fingerprint density at radius 2 is 1.85 bits per heavy atom. The molecule has 0 aliphatic heterocycles. The van der Waals surface area contributed by atoms with Crippen molar-refractivity contribution in [2.45, 2.75) is 0 Å². The minimum absolute atomic E-state index is 0.209. The fourth-order valence-corrected chi connectivity index (χ4v) is 2.86. The lowest BCUT2D eigenvalue weighted by Crippen LogP contribution is -2.12. The lowest BCUT2D eigenvalue weighted by molar-refractivity contribution is -0.122. The first-order valence-corrected chi connectivity index (χ1v) is 9.56. The topological polar surface area (TPSA) is 132 Å².